The number of benzene rings is 1. The monoisotopic (exact) mass is 264 g/mol. The highest BCUT2D eigenvalue weighted by Crippen LogP contribution is 2.25. The Kier molecular flexibility index (Phi) is 5.49. The molecule has 1 amide bonds. The number of thiocarbonyl (C=S) groups is 1. The Morgan fingerprint density at radius 1 is 1.44 bits per heavy atom. The summed E-state index contributed by atoms with van der Waals surface area (Å²) in [6, 6.07) is 5.11. The summed E-state index contributed by atoms with van der Waals surface area (Å²) in [5, 5.41) is 2.29. The Bertz CT molecular complexity index is 478. The fourth-order valence-corrected chi connectivity index (χ4v) is 1.77. The molecule has 0 aliphatic carbocycles. The number of hydrogen-bond donors (Lipinski definition) is 0. The number of ether oxygens (including phenoxy) is 1. The number of carbonyl (C=O) groups excluding carboxylic acids is 1. The van der Waals surface area contributed by atoms with E-state index in [9.17, 15) is 4.79 Å². The third kappa shape index (κ3) is 3.15. The zero-order valence-electron chi connectivity index (χ0n) is 10.8. The Labute approximate surface area is 112 Å². The van der Waals surface area contributed by atoms with E-state index in [1.807, 2.05) is 13.8 Å². The molecule has 0 aromatic heterocycles. The van der Waals surface area contributed by atoms with Gasteiger partial charge in [0.05, 0.1) is 23.5 Å². The summed E-state index contributed by atoms with van der Waals surface area (Å²) >= 11 is 4.56. The lowest BCUT2D eigenvalue weighted by Crippen LogP contribution is -2.30. The highest BCUT2D eigenvalue weighted by atomic mass is 32.1. The molecular weight excluding hydrogens is 248 g/mol. The van der Waals surface area contributed by atoms with Crippen molar-refractivity contribution < 1.29 is 9.53 Å². The third-order valence-corrected chi connectivity index (χ3v) is 2.73. The van der Waals surface area contributed by atoms with Crippen molar-refractivity contribution in [3.63, 3.8) is 0 Å². The van der Waals surface area contributed by atoms with Crippen molar-refractivity contribution in [2.45, 2.75) is 13.8 Å². The van der Waals surface area contributed by atoms with Crippen LogP contribution in [0.3, 0.4) is 0 Å². The second-order valence-corrected chi connectivity index (χ2v) is 3.75. The van der Waals surface area contributed by atoms with Gasteiger partial charge in [-0.2, -0.15) is 4.99 Å². The molecule has 18 heavy (non-hydrogen) atoms. The van der Waals surface area contributed by atoms with Crippen LogP contribution in [0, 0.1) is 0 Å². The number of rotatable bonds is 5. The maximum absolute atomic E-state index is 12.3. The molecule has 0 radical (unpaired) electrons. The van der Waals surface area contributed by atoms with Gasteiger partial charge in [0.15, 0.2) is 0 Å². The summed E-state index contributed by atoms with van der Waals surface area (Å²) in [7, 11) is 1.54. The van der Waals surface area contributed by atoms with Crippen molar-refractivity contribution in [1.82, 2.24) is 4.90 Å². The fraction of sp³-hybridized carbons (Fsp3) is 0.385. The molecule has 0 aliphatic rings. The minimum absolute atomic E-state index is 0.0710. The average molecular weight is 264 g/mol. The Morgan fingerprint density at radius 2 is 2.11 bits per heavy atom. The van der Waals surface area contributed by atoms with Crippen LogP contribution >= 0.6 is 12.2 Å². The van der Waals surface area contributed by atoms with Crippen molar-refractivity contribution in [3.8, 4) is 5.75 Å². The maximum Gasteiger partial charge on any atom is 0.257 e. The van der Waals surface area contributed by atoms with Crippen LogP contribution in [0.4, 0.5) is 5.69 Å². The number of aliphatic imine (C=N–C) groups is 1. The van der Waals surface area contributed by atoms with E-state index in [-0.39, 0.29) is 5.91 Å². The molecule has 1 aromatic rings. The predicted octanol–water partition coefficient (Wildman–Crippen LogP) is 2.91. The quantitative estimate of drug-likeness (QED) is 0.606. The van der Waals surface area contributed by atoms with E-state index < -0.39 is 0 Å². The van der Waals surface area contributed by atoms with Gasteiger partial charge in [-0.1, -0.05) is 0 Å². The first-order valence-electron chi connectivity index (χ1n) is 5.73. The highest BCUT2D eigenvalue weighted by Gasteiger charge is 2.17. The Balaban J connectivity index is 3.22. The largest absolute Gasteiger partial charge is 0.496 e. The SMILES string of the molecule is CCN(CC)C(=O)c1cc(N=C=S)ccc1OC. The topological polar surface area (TPSA) is 41.9 Å². The van der Waals surface area contributed by atoms with Gasteiger partial charge in [0, 0.05) is 13.1 Å². The molecule has 0 atom stereocenters. The van der Waals surface area contributed by atoms with Gasteiger partial charge >= 0.3 is 0 Å². The number of amides is 1. The fourth-order valence-electron chi connectivity index (χ4n) is 1.67. The van der Waals surface area contributed by atoms with E-state index in [2.05, 4.69) is 22.4 Å². The van der Waals surface area contributed by atoms with Crippen molar-refractivity contribution in [1.29, 1.82) is 0 Å². The lowest BCUT2D eigenvalue weighted by molar-refractivity contribution is 0.0769. The van der Waals surface area contributed by atoms with Gasteiger partial charge in [-0.05, 0) is 44.3 Å². The number of methoxy groups -OCH3 is 1. The molecule has 4 nitrogen and oxygen atoms in total. The normalized spacial score (nSPS) is 9.50. The Hall–Kier alpha value is -1.71. The molecule has 0 bridgehead atoms. The second kappa shape index (κ2) is 6.89. The number of nitrogens with zero attached hydrogens (tertiary/aromatic N) is 2. The molecule has 0 aliphatic heterocycles. The number of hydrogen-bond acceptors (Lipinski definition) is 4. The summed E-state index contributed by atoms with van der Waals surface area (Å²) in [6.45, 7) is 5.18. The van der Waals surface area contributed by atoms with Gasteiger partial charge in [-0.15, -0.1) is 0 Å². The molecule has 0 fully saturated rings. The van der Waals surface area contributed by atoms with Gasteiger partial charge in [-0.25, -0.2) is 0 Å². The summed E-state index contributed by atoms with van der Waals surface area (Å²) in [5.74, 6) is 0.466. The van der Waals surface area contributed by atoms with Crippen LogP contribution in [0.15, 0.2) is 23.2 Å². The molecule has 0 saturated heterocycles. The first kappa shape index (κ1) is 14.4. The first-order valence-corrected chi connectivity index (χ1v) is 6.13. The van der Waals surface area contributed by atoms with E-state index in [1.54, 1.807) is 23.1 Å². The van der Waals surface area contributed by atoms with Crippen molar-refractivity contribution in [2.24, 2.45) is 4.99 Å². The lowest BCUT2D eigenvalue weighted by atomic mass is 10.1. The van der Waals surface area contributed by atoms with E-state index in [4.69, 9.17) is 4.74 Å². The van der Waals surface area contributed by atoms with Crippen molar-refractivity contribution in [2.75, 3.05) is 20.2 Å². The van der Waals surface area contributed by atoms with Gasteiger partial charge < -0.3 is 9.64 Å². The van der Waals surface area contributed by atoms with Gasteiger partial charge in [-0.3, -0.25) is 4.79 Å². The third-order valence-electron chi connectivity index (χ3n) is 2.64. The molecule has 5 heteroatoms. The molecule has 0 spiro atoms. The zero-order valence-corrected chi connectivity index (χ0v) is 11.6. The first-order chi connectivity index (χ1) is 8.67. The number of isothiocyanates is 1. The molecule has 0 N–H and O–H groups in total. The predicted molar refractivity (Wildman–Crippen MR) is 74.9 cm³/mol. The smallest absolute Gasteiger partial charge is 0.257 e. The van der Waals surface area contributed by atoms with Crippen LogP contribution in [-0.2, 0) is 0 Å². The minimum atomic E-state index is -0.0710. The minimum Gasteiger partial charge on any atom is -0.496 e. The van der Waals surface area contributed by atoms with Crippen LogP contribution in [0.5, 0.6) is 5.75 Å². The highest BCUT2D eigenvalue weighted by molar-refractivity contribution is 7.78. The summed E-state index contributed by atoms with van der Waals surface area (Å²) in [5.41, 5.74) is 1.09. The van der Waals surface area contributed by atoms with Gasteiger partial charge in [0.25, 0.3) is 5.91 Å². The molecule has 96 valence electrons. The molecular formula is C13H16N2O2S. The zero-order chi connectivity index (χ0) is 13.5. The van der Waals surface area contributed by atoms with E-state index >= 15 is 0 Å². The summed E-state index contributed by atoms with van der Waals surface area (Å²) in [4.78, 5) is 17.9. The van der Waals surface area contributed by atoms with E-state index in [0.717, 1.165) is 0 Å². The van der Waals surface area contributed by atoms with Crippen molar-refractivity contribution >= 4 is 29.0 Å². The molecule has 0 saturated carbocycles. The van der Waals surface area contributed by atoms with Crippen LogP contribution in [0.2, 0.25) is 0 Å². The van der Waals surface area contributed by atoms with Crippen LogP contribution in [0.25, 0.3) is 0 Å². The molecule has 1 rings (SSSR count). The maximum atomic E-state index is 12.3. The van der Waals surface area contributed by atoms with E-state index in [1.165, 1.54) is 7.11 Å². The second-order valence-electron chi connectivity index (χ2n) is 3.57. The van der Waals surface area contributed by atoms with E-state index in [0.29, 0.717) is 30.1 Å². The van der Waals surface area contributed by atoms with Crippen molar-refractivity contribution in [3.05, 3.63) is 23.8 Å². The lowest BCUT2D eigenvalue weighted by Gasteiger charge is -2.20. The average Bonchev–Trinajstić information content (AvgIpc) is 2.40. The standard InChI is InChI=1S/C13H16N2O2S/c1-4-15(5-2)13(16)11-8-10(14-9-18)6-7-12(11)17-3/h6-8H,4-5H2,1-3H3. The molecule has 0 unspecified atom stereocenters. The molecule has 0 heterocycles. The Morgan fingerprint density at radius 3 is 2.61 bits per heavy atom. The van der Waals surface area contributed by atoms with Gasteiger partial charge in [0.2, 0.25) is 0 Å². The summed E-state index contributed by atoms with van der Waals surface area (Å²) < 4.78 is 5.20. The number of carbonyl (C=O) groups is 1. The van der Waals surface area contributed by atoms with Crippen LogP contribution in [0.1, 0.15) is 24.2 Å². The van der Waals surface area contributed by atoms with Crippen LogP contribution in [-0.4, -0.2) is 36.2 Å². The molecule has 1 aromatic carbocycles. The summed E-state index contributed by atoms with van der Waals surface area (Å²) in [6.07, 6.45) is 0. The van der Waals surface area contributed by atoms with Crippen LogP contribution < -0.4 is 4.74 Å². The van der Waals surface area contributed by atoms with Gasteiger partial charge in [0.1, 0.15) is 5.75 Å².